The average Bonchev–Trinajstić information content (AvgIpc) is 1.94. The van der Waals surface area contributed by atoms with Gasteiger partial charge in [-0.15, -0.1) is 0 Å². The Kier molecular flexibility index (Phi) is 2.53. The summed E-state index contributed by atoms with van der Waals surface area (Å²) in [7, 11) is 0. The van der Waals surface area contributed by atoms with Gasteiger partial charge in [0, 0.05) is 6.42 Å². The van der Waals surface area contributed by atoms with Gasteiger partial charge in [0.05, 0.1) is 0 Å². The van der Waals surface area contributed by atoms with Gasteiger partial charge in [0.2, 0.25) is 11.6 Å². The van der Waals surface area contributed by atoms with Crippen molar-refractivity contribution in [3.05, 3.63) is 12.2 Å². The second kappa shape index (κ2) is 3.14. The number of hydrogen-bond donors (Lipinski definition) is 4. The van der Waals surface area contributed by atoms with Crippen LogP contribution in [-0.2, 0) is 0 Å². The molecule has 0 aromatic rings. The lowest BCUT2D eigenvalue weighted by Crippen LogP contribution is -2.53. The SMILES string of the molecule is OC1(O)C=CCCCCC1(O)O. The summed E-state index contributed by atoms with van der Waals surface area (Å²) in [6, 6.07) is 0. The molecule has 0 aromatic heterocycles. The van der Waals surface area contributed by atoms with Crippen LogP contribution < -0.4 is 0 Å². The van der Waals surface area contributed by atoms with Gasteiger partial charge in [-0.2, -0.15) is 0 Å². The Morgan fingerprint density at radius 3 is 2.33 bits per heavy atom. The number of hydrogen-bond acceptors (Lipinski definition) is 4. The average molecular weight is 174 g/mol. The van der Waals surface area contributed by atoms with E-state index in [0.717, 1.165) is 18.9 Å². The van der Waals surface area contributed by atoms with Crippen LogP contribution in [0, 0.1) is 0 Å². The van der Waals surface area contributed by atoms with E-state index < -0.39 is 11.6 Å². The third-order valence-corrected chi connectivity index (χ3v) is 2.09. The van der Waals surface area contributed by atoms with Crippen molar-refractivity contribution in [2.45, 2.75) is 37.3 Å². The molecule has 4 heteroatoms. The minimum Gasteiger partial charge on any atom is -0.361 e. The lowest BCUT2D eigenvalue weighted by Gasteiger charge is -2.33. The highest BCUT2D eigenvalue weighted by Crippen LogP contribution is 2.27. The minimum absolute atomic E-state index is 0.0235. The Morgan fingerprint density at radius 1 is 1.00 bits per heavy atom. The van der Waals surface area contributed by atoms with Crippen molar-refractivity contribution in [1.82, 2.24) is 0 Å². The van der Waals surface area contributed by atoms with E-state index in [1.54, 1.807) is 6.08 Å². The Morgan fingerprint density at radius 2 is 1.67 bits per heavy atom. The second-order valence-corrected chi connectivity index (χ2v) is 3.19. The quantitative estimate of drug-likeness (QED) is 0.294. The van der Waals surface area contributed by atoms with Gasteiger partial charge in [-0.05, 0) is 25.3 Å². The molecule has 12 heavy (non-hydrogen) atoms. The van der Waals surface area contributed by atoms with Crippen LogP contribution in [0.4, 0.5) is 0 Å². The Balaban J connectivity index is 2.83. The van der Waals surface area contributed by atoms with Gasteiger partial charge in [0.15, 0.2) is 0 Å². The highest BCUT2D eigenvalue weighted by atomic mass is 16.6. The standard InChI is InChI=1S/C8H14O4/c9-7(10)5-3-1-2-4-6-8(7,11)12/h3,5,9-12H,1-2,4,6H2. The van der Waals surface area contributed by atoms with E-state index in [-0.39, 0.29) is 6.42 Å². The van der Waals surface area contributed by atoms with E-state index in [0.29, 0.717) is 6.42 Å². The van der Waals surface area contributed by atoms with Gasteiger partial charge in [0.25, 0.3) is 0 Å². The van der Waals surface area contributed by atoms with E-state index in [1.165, 1.54) is 0 Å². The molecule has 0 spiro atoms. The van der Waals surface area contributed by atoms with E-state index in [9.17, 15) is 20.4 Å². The fourth-order valence-electron chi connectivity index (χ4n) is 1.20. The summed E-state index contributed by atoms with van der Waals surface area (Å²) in [5.74, 6) is -4.95. The number of rotatable bonds is 0. The highest BCUT2D eigenvalue weighted by molar-refractivity contribution is 5.02. The van der Waals surface area contributed by atoms with Crippen LogP contribution >= 0.6 is 0 Å². The Bertz CT molecular complexity index is 183. The molecule has 0 aliphatic heterocycles. The maximum absolute atomic E-state index is 9.21. The zero-order valence-corrected chi connectivity index (χ0v) is 6.77. The zero-order chi connectivity index (χ0) is 9.24. The molecular formula is C8H14O4. The normalized spacial score (nSPS) is 27.7. The van der Waals surface area contributed by atoms with Gasteiger partial charge < -0.3 is 20.4 Å². The highest BCUT2D eigenvalue weighted by Gasteiger charge is 2.44. The molecule has 0 atom stereocenters. The van der Waals surface area contributed by atoms with Crippen LogP contribution in [-0.4, -0.2) is 32.0 Å². The molecule has 0 fully saturated rings. The summed E-state index contributed by atoms with van der Waals surface area (Å²) in [5.41, 5.74) is 0. The van der Waals surface area contributed by atoms with Gasteiger partial charge >= 0.3 is 0 Å². The first-order valence-electron chi connectivity index (χ1n) is 4.03. The van der Waals surface area contributed by atoms with Gasteiger partial charge in [-0.1, -0.05) is 6.08 Å². The van der Waals surface area contributed by atoms with Crippen molar-refractivity contribution in [3.8, 4) is 0 Å². The molecule has 0 amide bonds. The van der Waals surface area contributed by atoms with Gasteiger partial charge in [-0.25, -0.2) is 0 Å². The Labute approximate surface area is 70.8 Å². The van der Waals surface area contributed by atoms with Crippen molar-refractivity contribution in [2.75, 3.05) is 0 Å². The summed E-state index contributed by atoms with van der Waals surface area (Å²) in [4.78, 5) is 0. The second-order valence-electron chi connectivity index (χ2n) is 3.19. The lowest BCUT2D eigenvalue weighted by molar-refractivity contribution is -0.336. The third-order valence-electron chi connectivity index (χ3n) is 2.09. The molecule has 0 heterocycles. The molecule has 0 aromatic carbocycles. The fraction of sp³-hybridized carbons (Fsp3) is 0.750. The van der Waals surface area contributed by atoms with Crippen molar-refractivity contribution in [1.29, 1.82) is 0 Å². The lowest BCUT2D eigenvalue weighted by atomic mass is 9.95. The van der Waals surface area contributed by atoms with Crippen LogP contribution in [0.1, 0.15) is 25.7 Å². The molecule has 0 saturated heterocycles. The van der Waals surface area contributed by atoms with Crippen molar-refractivity contribution < 1.29 is 20.4 Å². The van der Waals surface area contributed by atoms with E-state index in [4.69, 9.17) is 0 Å². The van der Waals surface area contributed by atoms with Gasteiger partial charge in [0.1, 0.15) is 0 Å². The number of aliphatic hydroxyl groups is 4. The molecule has 1 rings (SSSR count). The van der Waals surface area contributed by atoms with Crippen molar-refractivity contribution in [2.24, 2.45) is 0 Å². The maximum atomic E-state index is 9.21. The maximum Gasteiger partial charge on any atom is 0.238 e. The molecule has 70 valence electrons. The first-order chi connectivity index (χ1) is 5.46. The molecule has 1 aliphatic rings. The van der Waals surface area contributed by atoms with E-state index >= 15 is 0 Å². The third kappa shape index (κ3) is 1.84. The summed E-state index contributed by atoms with van der Waals surface area (Å²) in [6.07, 6.45) is 4.67. The molecule has 4 nitrogen and oxygen atoms in total. The minimum atomic E-state index is -2.52. The summed E-state index contributed by atoms with van der Waals surface area (Å²) >= 11 is 0. The molecule has 0 saturated carbocycles. The molecule has 4 N–H and O–H groups in total. The molecule has 0 bridgehead atoms. The molecule has 1 aliphatic carbocycles. The van der Waals surface area contributed by atoms with Crippen LogP contribution in [0.15, 0.2) is 12.2 Å². The van der Waals surface area contributed by atoms with Gasteiger partial charge in [-0.3, -0.25) is 0 Å². The van der Waals surface area contributed by atoms with Crippen LogP contribution in [0.25, 0.3) is 0 Å². The van der Waals surface area contributed by atoms with Crippen LogP contribution in [0.3, 0.4) is 0 Å². The predicted octanol–water partition coefficient (Wildman–Crippen LogP) is -0.522. The van der Waals surface area contributed by atoms with Crippen LogP contribution in [0.5, 0.6) is 0 Å². The summed E-state index contributed by atoms with van der Waals surface area (Å²) in [6.45, 7) is 0. The monoisotopic (exact) mass is 174 g/mol. The van der Waals surface area contributed by atoms with Crippen molar-refractivity contribution in [3.63, 3.8) is 0 Å². The summed E-state index contributed by atoms with van der Waals surface area (Å²) < 4.78 is 0. The first kappa shape index (κ1) is 9.67. The topological polar surface area (TPSA) is 80.9 Å². The number of allylic oxidation sites excluding steroid dienone is 1. The fourth-order valence-corrected chi connectivity index (χ4v) is 1.20. The molecular weight excluding hydrogens is 160 g/mol. The summed E-state index contributed by atoms with van der Waals surface area (Å²) in [5, 5.41) is 36.8. The van der Waals surface area contributed by atoms with Crippen LogP contribution in [0.2, 0.25) is 0 Å². The predicted molar refractivity (Wildman–Crippen MR) is 41.9 cm³/mol. The smallest absolute Gasteiger partial charge is 0.238 e. The van der Waals surface area contributed by atoms with E-state index in [1.807, 2.05) is 0 Å². The van der Waals surface area contributed by atoms with E-state index in [2.05, 4.69) is 0 Å². The molecule has 0 radical (unpaired) electrons. The largest absolute Gasteiger partial charge is 0.361 e. The Hall–Kier alpha value is -0.420. The first-order valence-corrected chi connectivity index (χ1v) is 4.03. The zero-order valence-electron chi connectivity index (χ0n) is 6.77. The van der Waals surface area contributed by atoms with Crippen molar-refractivity contribution >= 4 is 0 Å². The molecule has 0 unspecified atom stereocenters.